The second-order valence-corrected chi connectivity index (χ2v) is 9.38. The van der Waals surface area contributed by atoms with Gasteiger partial charge in [0.05, 0.1) is 0 Å². The number of hydrogen-bond acceptors (Lipinski definition) is 4. The van der Waals surface area contributed by atoms with Crippen molar-refractivity contribution in [2.24, 2.45) is 16.6 Å². The summed E-state index contributed by atoms with van der Waals surface area (Å²) in [5.41, 5.74) is 5.85. The van der Waals surface area contributed by atoms with E-state index in [9.17, 15) is 17.1 Å². The molecule has 0 aromatic rings. The van der Waals surface area contributed by atoms with Gasteiger partial charge in [-0.05, 0) is 36.6 Å². The predicted molar refractivity (Wildman–Crippen MR) is 78.7 cm³/mol. The highest BCUT2D eigenvalue weighted by Gasteiger charge is 2.47. The van der Waals surface area contributed by atoms with E-state index in [0.717, 1.165) is 19.3 Å². The van der Waals surface area contributed by atoms with Crippen molar-refractivity contribution in [3.63, 3.8) is 0 Å². The summed E-state index contributed by atoms with van der Waals surface area (Å²) < 4.78 is 35.3. The van der Waals surface area contributed by atoms with Crippen molar-refractivity contribution >= 4 is 16.1 Å². The first-order valence-electron chi connectivity index (χ1n) is 7.39. The molecule has 0 bridgehead atoms. The third-order valence-corrected chi connectivity index (χ3v) is 5.99. The molecule has 2 fully saturated rings. The second kappa shape index (κ2) is 5.19. The predicted octanol–water partition coefficient (Wildman–Crippen LogP) is 1.43. The smallest absolute Gasteiger partial charge is 0.307 e. The topological polar surface area (TPSA) is 80.5 Å². The zero-order valence-electron chi connectivity index (χ0n) is 12.9. The summed E-state index contributed by atoms with van der Waals surface area (Å²) in [6.07, 6.45) is 2.28. The van der Waals surface area contributed by atoms with Crippen LogP contribution in [0.5, 0.6) is 0 Å². The van der Waals surface area contributed by atoms with Crippen LogP contribution in [0, 0.1) is 10.8 Å². The minimum absolute atomic E-state index is 0.0287. The Kier molecular flexibility index (Phi) is 4.12. The van der Waals surface area contributed by atoms with Gasteiger partial charge in [0.25, 0.3) is 0 Å². The summed E-state index contributed by atoms with van der Waals surface area (Å²) >= 11 is 0. The maximum absolute atomic E-state index is 13.2. The molecule has 0 aromatic carbocycles. The molecule has 7 heteroatoms. The van der Waals surface area contributed by atoms with Crippen molar-refractivity contribution in [2.45, 2.75) is 57.7 Å². The summed E-state index contributed by atoms with van der Waals surface area (Å²) in [6.45, 7) is 6.87. The first kappa shape index (κ1) is 16.7. The molecule has 1 saturated carbocycles. The second-order valence-electron chi connectivity index (χ2n) is 7.77. The molecule has 1 aliphatic carbocycles. The van der Waals surface area contributed by atoms with Gasteiger partial charge < -0.3 is 10.6 Å². The van der Waals surface area contributed by atoms with Crippen molar-refractivity contribution < 1.29 is 17.1 Å². The van der Waals surface area contributed by atoms with Gasteiger partial charge in [0.15, 0.2) is 0 Å². The summed E-state index contributed by atoms with van der Waals surface area (Å²) in [4.78, 5) is 13.7. The SMILES string of the molecule is CC1(C)CC(N2CC(S(=O)(=O)F)CC2=O)CC(C)(CN)C1. The number of rotatable bonds is 3. The monoisotopic (exact) mass is 320 g/mol. The Hall–Kier alpha value is -0.690. The van der Waals surface area contributed by atoms with E-state index < -0.39 is 15.5 Å². The van der Waals surface area contributed by atoms with Crippen LogP contribution in [0.2, 0.25) is 0 Å². The molecular formula is C14H25FN2O3S. The Labute approximate surface area is 126 Å². The van der Waals surface area contributed by atoms with Crippen LogP contribution in [-0.2, 0) is 15.0 Å². The largest absolute Gasteiger partial charge is 0.338 e. The van der Waals surface area contributed by atoms with Crippen LogP contribution < -0.4 is 5.73 Å². The Morgan fingerprint density at radius 2 is 1.95 bits per heavy atom. The molecule has 3 atom stereocenters. The maximum atomic E-state index is 13.2. The minimum atomic E-state index is -4.66. The molecule has 5 nitrogen and oxygen atoms in total. The number of amides is 1. The van der Waals surface area contributed by atoms with Gasteiger partial charge in [0.1, 0.15) is 5.25 Å². The fourth-order valence-corrected chi connectivity index (χ4v) is 4.87. The van der Waals surface area contributed by atoms with Crippen LogP contribution in [0.15, 0.2) is 0 Å². The Morgan fingerprint density at radius 3 is 2.43 bits per heavy atom. The first-order chi connectivity index (χ1) is 9.46. The van der Waals surface area contributed by atoms with Crippen LogP contribution >= 0.6 is 0 Å². The molecule has 0 radical (unpaired) electrons. The van der Waals surface area contributed by atoms with Crippen molar-refractivity contribution in [3.8, 4) is 0 Å². The average Bonchev–Trinajstić information content (AvgIpc) is 2.68. The van der Waals surface area contributed by atoms with E-state index in [-0.39, 0.29) is 35.7 Å². The van der Waals surface area contributed by atoms with Crippen LogP contribution in [0.1, 0.15) is 46.5 Å². The number of carbonyl (C=O) groups excluding carboxylic acids is 1. The molecule has 1 saturated heterocycles. The van der Waals surface area contributed by atoms with Gasteiger partial charge in [-0.15, -0.1) is 3.89 Å². The highest BCUT2D eigenvalue weighted by molar-refractivity contribution is 7.87. The summed E-state index contributed by atoms with van der Waals surface area (Å²) in [6, 6.07) is -0.0541. The van der Waals surface area contributed by atoms with E-state index in [1.54, 1.807) is 4.90 Å². The van der Waals surface area contributed by atoms with Gasteiger partial charge in [-0.2, -0.15) is 8.42 Å². The van der Waals surface area contributed by atoms with Gasteiger partial charge in [-0.3, -0.25) is 4.79 Å². The molecule has 21 heavy (non-hydrogen) atoms. The Morgan fingerprint density at radius 1 is 1.33 bits per heavy atom. The quantitative estimate of drug-likeness (QED) is 0.798. The van der Waals surface area contributed by atoms with Crippen LogP contribution in [-0.4, -0.2) is 43.6 Å². The maximum Gasteiger partial charge on any atom is 0.307 e. The molecule has 0 spiro atoms. The van der Waals surface area contributed by atoms with Gasteiger partial charge >= 0.3 is 10.2 Å². The molecule has 0 aromatic heterocycles. The molecule has 1 amide bonds. The summed E-state index contributed by atoms with van der Waals surface area (Å²) in [5.74, 6) is -0.261. The van der Waals surface area contributed by atoms with E-state index >= 15 is 0 Å². The number of halogens is 1. The van der Waals surface area contributed by atoms with Gasteiger partial charge in [0, 0.05) is 19.0 Å². The zero-order valence-corrected chi connectivity index (χ0v) is 13.7. The molecule has 3 unspecified atom stereocenters. The molecule has 2 rings (SSSR count). The fourth-order valence-electron chi connectivity index (χ4n) is 4.19. The van der Waals surface area contributed by atoms with Crippen molar-refractivity contribution in [1.29, 1.82) is 0 Å². The molecule has 122 valence electrons. The van der Waals surface area contributed by atoms with Gasteiger partial charge in [0.2, 0.25) is 5.91 Å². The van der Waals surface area contributed by atoms with E-state index in [0.29, 0.717) is 6.54 Å². The number of likely N-dealkylation sites (tertiary alicyclic amines) is 1. The lowest BCUT2D eigenvalue weighted by molar-refractivity contribution is -0.132. The highest BCUT2D eigenvalue weighted by atomic mass is 32.3. The molecular weight excluding hydrogens is 295 g/mol. The number of nitrogens with two attached hydrogens (primary N) is 1. The van der Waals surface area contributed by atoms with E-state index in [2.05, 4.69) is 20.8 Å². The lowest BCUT2D eigenvalue weighted by Crippen LogP contribution is -2.50. The number of hydrogen-bond donors (Lipinski definition) is 1. The van der Waals surface area contributed by atoms with Crippen LogP contribution in [0.4, 0.5) is 3.89 Å². The Bertz CT molecular complexity index is 534. The average molecular weight is 320 g/mol. The first-order valence-corrected chi connectivity index (χ1v) is 8.83. The van der Waals surface area contributed by atoms with Gasteiger partial charge in [-0.1, -0.05) is 20.8 Å². The third kappa shape index (κ3) is 3.56. The van der Waals surface area contributed by atoms with E-state index in [1.807, 2.05) is 0 Å². The fraction of sp³-hybridized carbons (Fsp3) is 0.929. The van der Waals surface area contributed by atoms with Gasteiger partial charge in [-0.25, -0.2) is 0 Å². The lowest BCUT2D eigenvalue weighted by Gasteiger charge is -2.48. The third-order valence-electron chi connectivity index (χ3n) is 4.88. The summed E-state index contributed by atoms with van der Waals surface area (Å²) in [5, 5.41) is -1.21. The molecule has 1 heterocycles. The molecule has 2 aliphatic rings. The minimum Gasteiger partial charge on any atom is -0.338 e. The highest BCUT2D eigenvalue weighted by Crippen LogP contribution is 2.47. The Balaban J connectivity index is 2.20. The van der Waals surface area contributed by atoms with Crippen molar-refractivity contribution in [2.75, 3.05) is 13.1 Å². The van der Waals surface area contributed by atoms with Crippen molar-refractivity contribution in [3.05, 3.63) is 0 Å². The van der Waals surface area contributed by atoms with E-state index in [4.69, 9.17) is 5.73 Å². The zero-order chi connectivity index (χ0) is 16.1. The van der Waals surface area contributed by atoms with Crippen LogP contribution in [0.3, 0.4) is 0 Å². The molecule has 1 aliphatic heterocycles. The normalized spacial score (nSPS) is 37.0. The number of nitrogens with zero attached hydrogens (tertiary/aromatic N) is 1. The molecule has 2 N–H and O–H groups in total. The van der Waals surface area contributed by atoms with Crippen molar-refractivity contribution in [1.82, 2.24) is 4.90 Å². The van der Waals surface area contributed by atoms with Crippen LogP contribution in [0.25, 0.3) is 0 Å². The number of carbonyl (C=O) groups is 1. The summed E-state index contributed by atoms with van der Waals surface area (Å²) in [7, 11) is -4.66. The lowest BCUT2D eigenvalue weighted by atomic mass is 9.62. The standard InChI is InChI=1S/C14H25FN2O3S/c1-13(2)5-10(6-14(3,8-13)9-16)17-7-11(4-12(17)18)21(15,19)20/h10-11H,4-9,16H2,1-3H3. The van der Waals surface area contributed by atoms with E-state index in [1.165, 1.54) is 0 Å².